The van der Waals surface area contributed by atoms with Gasteiger partial charge < -0.3 is 14.7 Å². The Kier molecular flexibility index (Phi) is 6.47. The molecule has 5 nitrogen and oxygen atoms in total. The average Bonchev–Trinajstić information content (AvgIpc) is 3.44. The van der Waals surface area contributed by atoms with Crippen LogP contribution in [0, 0.1) is 0 Å². The molecule has 1 fully saturated rings. The molecule has 0 aliphatic carbocycles. The van der Waals surface area contributed by atoms with Gasteiger partial charge in [-0.2, -0.15) is 0 Å². The quantitative estimate of drug-likeness (QED) is 0.594. The van der Waals surface area contributed by atoms with E-state index in [1.165, 1.54) is 11.3 Å². The number of amides is 1. The third-order valence-electron chi connectivity index (χ3n) is 5.50. The van der Waals surface area contributed by atoms with Crippen LogP contribution >= 0.6 is 11.3 Å². The molecule has 156 valence electrons. The van der Waals surface area contributed by atoms with Gasteiger partial charge in [-0.05, 0) is 35.6 Å². The van der Waals surface area contributed by atoms with E-state index in [1.807, 2.05) is 60.0 Å². The number of ether oxygens (including phenoxy) is 1. The molecular formula is C24H26N2O3S. The largest absolute Gasteiger partial charge is 0.495 e. The monoisotopic (exact) mass is 422 g/mol. The second-order valence-corrected chi connectivity index (χ2v) is 8.39. The van der Waals surface area contributed by atoms with Gasteiger partial charge in [0, 0.05) is 24.5 Å². The number of carbonyl (C=O) groups excluding carboxylic acids is 1. The normalized spacial score (nSPS) is 17.5. The van der Waals surface area contributed by atoms with E-state index in [1.54, 1.807) is 12.0 Å². The second kappa shape index (κ2) is 9.43. The first-order valence-electron chi connectivity index (χ1n) is 10.1. The highest BCUT2D eigenvalue weighted by Gasteiger charge is 2.38. The maximum absolute atomic E-state index is 13.4. The zero-order valence-electron chi connectivity index (χ0n) is 17.0. The summed E-state index contributed by atoms with van der Waals surface area (Å²) in [6, 6.07) is 21.3. The van der Waals surface area contributed by atoms with Gasteiger partial charge in [0.1, 0.15) is 11.9 Å². The number of carbonyl (C=O) groups is 1. The number of methoxy groups -OCH3 is 1. The Bertz CT molecular complexity index is 962. The predicted octanol–water partition coefficient (Wildman–Crippen LogP) is 4.10. The van der Waals surface area contributed by atoms with Crippen molar-refractivity contribution in [3.8, 4) is 5.75 Å². The lowest BCUT2D eigenvalue weighted by atomic mass is 10.1. The van der Waals surface area contributed by atoms with E-state index >= 15 is 0 Å². The van der Waals surface area contributed by atoms with E-state index in [0.717, 1.165) is 16.1 Å². The summed E-state index contributed by atoms with van der Waals surface area (Å²) in [4.78, 5) is 18.3. The van der Waals surface area contributed by atoms with Crippen LogP contribution in [0.3, 0.4) is 0 Å². The van der Waals surface area contributed by atoms with Crippen molar-refractivity contribution in [1.29, 1.82) is 0 Å². The number of hydrogen-bond donors (Lipinski definition) is 1. The van der Waals surface area contributed by atoms with E-state index in [-0.39, 0.29) is 11.9 Å². The summed E-state index contributed by atoms with van der Waals surface area (Å²) < 4.78 is 5.46. The lowest BCUT2D eigenvalue weighted by molar-refractivity contribution is -0.122. The third-order valence-corrected chi connectivity index (χ3v) is 6.48. The molecule has 30 heavy (non-hydrogen) atoms. The van der Waals surface area contributed by atoms with Gasteiger partial charge in [-0.15, -0.1) is 11.3 Å². The van der Waals surface area contributed by atoms with Crippen molar-refractivity contribution < 1.29 is 14.6 Å². The summed E-state index contributed by atoms with van der Waals surface area (Å²) in [5.74, 6) is 0.744. The minimum atomic E-state index is -0.623. The average molecular weight is 423 g/mol. The first kappa shape index (κ1) is 20.6. The lowest BCUT2D eigenvalue weighted by Crippen LogP contribution is -2.43. The number of nitrogens with zero attached hydrogens (tertiary/aromatic N) is 2. The molecule has 6 heteroatoms. The fourth-order valence-corrected chi connectivity index (χ4v) is 4.71. The maximum atomic E-state index is 13.4. The van der Waals surface area contributed by atoms with Gasteiger partial charge in [0.15, 0.2) is 0 Å². The number of para-hydroxylation sites is 2. The molecule has 2 atom stereocenters. The smallest absolute Gasteiger partial charge is 0.244 e. The molecule has 1 aromatic heterocycles. The molecule has 2 heterocycles. The summed E-state index contributed by atoms with van der Waals surface area (Å²) in [6.07, 6.45) is 0.0859. The molecule has 2 aromatic carbocycles. The molecule has 1 aliphatic heterocycles. The zero-order chi connectivity index (χ0) is 20.9. The molecule has 0 bridgehead atoms. The van der Waals surface area contributed by atoms with Gasteiger partial charge in [-0.3, -0.25) is 9.69 Å². The summed E-state index contributed by atoms with van der Waals surface area (Å²) in [6.45, 7) is 1.65. The van der Waals surface area contributed by atoms with Crippen LogP contribution in [0.25, 0.3) is 0 Å². The van der Waals surface area contributed by atoms with Gasteiger partial charge in [0.05, 0.1) is 18.8 Å². The third kappa shape index (κ3) is 4.41. The van der Waals surface area contributed by atoms with Crippen LogP contribution < -0.4 is 9.64 Å². The number of anilines is 1. The van der Waals surface area contributed by atoms with E-state index in [9.17, 15) is 9.90 Å². The fourth-order valence-electron chi connectivity index (χ4n) is 4.01. The van der Waals surface area contributed by atoms with Crippen LogP contribution in [0.2, 0.25) is 0 Å². The van der Waals surface area contributed by atoms with Crippen LogP contribution in [0.5, 0.6) is 5.75 Å². The summed E-state index contributed by atoms with van der Waals surface area (Å²) in [5, 5.41) is 12.8. The zero-order valence-corrected chi connectivity index (χ0v) is 17.8. The van der Waals surface area contributed by atoms with E-state index in [0.29, 0.717) is 31.8 Å². The Labute approximate surface area is 181 Å². The second-order valence-electron chi connectivity index (χ2n) is 7.41. The highest BCUT2D eigenvalue weighted by molar-refractivity contribution is 7.10. The molecule has 2 unspecified atom stereocenters. The Morgan fingerprint density at radius 2 is 1.90 bits per heavy atom. The molecule has 1 N–H and O–H groups in total. The molecule has 4 rings (SSSR count). The first-order valence-corrected chi connectivity index (χ1v) is 11.0. The van der Waals surface area contributed by atoms with Gasteiger partial charge >= 0.3 is 0 Å². The number of hydrogen-bond acceptors (Lipinski definition) is 5. The number of thiophene rings is 1. The van der Waals surface area contributed by atoms with E-state index in [2.05, 4.69) is 17.0 Å². The van der Waals surface area contributed by atoms with Gasteiger partial charge in [-0.1, -0.05) is 48.5 Å². The molecule has 1 amide bonds. The van der Waals surface area contributed by atoms with E-state index < -0.39 is 6.10 Å². The lowest BCUT2D eigenvalue weighted by Gasteiger charge is -2.30. The molecule has 1 aliphatic rings. The molecule has 1 saturated heterocycles. The Morgan fingerprint density at radius 3 is 2.63 bits per heavy atom. The van der Waals surface area contributed by atoms with Crippen molar-refractivity contribution in [2.45, 2.75) is 25.1 Å². The van der Waals surface area contributed by atoms with Gasteiger partial charge in [0.2, 0.25) is 5.91 Å². The molecular weight excluding hydrogens is 396 g/mol. The predicted molar refractivity (Wildman–Crippen MR) is 120 cm³/mol. The fraction of sp³-hybridized carbons (Fsp3) is 0.292. The Morgan fingerprint density at radius 1 is 1.13 bits per heavy atom. The molecule has 0 spiro atoms. The number of benzene rings is 2. The topological polar surface area (TPSA) is 53.0 Å². The standard InChI is InChI=1S/C24H26N2O3S/c1-29-22-11-6-5-10-19(22)26-14-13-20(24(26)28)25(16-18-8-3-2-4-9-18)17-21(27)23-12-7-15-30-23/h2-12,15,20-21,27H,13-14,16-17H2,1H3. The minimum absolute atomic E-state index is 0.0498. The number of aliphatic hydroxyl groups excluding tert-OH is 1. The highest BCUT2D eigenvalue weighted by Crippen LogP contribution is 2.33. The van der Waals surface area contributed by atoms with Crippen molar-refractivity contribution in [2.75, 3.05) is 25.1 Å². The first-order chi connectivity index (χ1) is 14.7. The number of rotatable bonds is 8. The van der Waals surface area contributed by atoms with Crippen molar-refractivity contribution in [1.82, 2.24) is 4.90 Å². The highest BCUT2D eigenvalue weighted by atomic mass is 32.1. The van der Waals surface area contributed by atoms with Crippen molar-refractivity contribution in [2.24, 2.45) is 0 Å². The van der Waals surface area contributed by atoms with Gasteiger partial charge in [-0.25, -0.2) is 0 Å². The number of aliphatic hydroxyl groups is 1. The molecule has 0 saturated carbocycles. The molecule has 0 radical (unpaired) electrons. The summed E-state index contributed by atoms with van der Waals surface area (Å²) in [5.41, 5.74) is 1.92. The van der Waals surface area contributed by atoms with E-state index in [4.69, 9.17) is 4.74 Å². The van der Waals surface area contributed by atoms with Crippen molar-refractivity contribution >= 4 is 22.9 Å². The van der Waals surface area contributed by atoms with Crippen molar-refractivity contribution in [3.05, 3.63) is 82.6 Å². The SMILES string of the molecule is COc1ccccc1N1CCC(N(Cc2ccccc2)CC(O)c2cccs2)C1=O. The van der Waals surface area contributed by atoms with Crippen molar-refractivity contribution in [3.63, 3.8) is 0 Å². The van der Waals surface area contributed by atoms with Crippen LogP contribution in [0.4, 0.5) is 5.69 Å². The Balaban J connectivity index is 1.57. The van der Waals surface area contributed by atoms with Crippen LogP contribution in [0.1, 0.15) is 23.0 Å². The molecule has 3 aromatic rings. The summed E-state index contributed by atoms with van der Waals surface area (Å²) >= 11 is 1.54. The Hall–Kier alpha value is -2.67. The van der Waals surface area contributed by atoms with Gasteiger partial charge in [0.25, 0.3) is 0 Å². The minimum Gasteiger partial charge on any atom is -0.495 e. The van der Waals surface area contributed by atoms with Crippen LogP contribution in [-0.2, 0) is 11.3 Å². The van der Waals surface area contributed by atoms with Crippen LogP contribution in [0.15, 0.2) is 72.1 Å². The maximum Gasteiger partial charge on any atom is 0.244 e. The summed E-state index contributed by atoms with van der Waals surface area (Å²) in [7, 11) is 1.62. The van der Waals surface area contributed by atoms with Crippen LogP contribution in [-0.4, -0.2) is 42.2 Å².